The molecule has 4 nitrogen and oxygen atoms in total. The van der Waals surface area contributed by atoms with Gasteiger partial charge in [0, 0.05) is 21.8 Å². The quantitative estimate of drug-likeness (QED) is 0.869. The number of amides is 1. The maximum atomic E-state index is 12.3. The van der Waals surface area contributed by atoms with Crippen molar-refractivity contribution in [3.8, 4) is 0 Å². The average Bonchev–Trinajstić information content (AvgIpc) is 3.10. The first-order valence-electron chi connectivity index (χ1n) is 6.49. The van der Waals surface area contributed by atoms with Crippen LogP contribution < -0.4 is 5.32 Å². The van der Waals surface area contributed by atoms with Crippen molar-refractivity contribution >= 4 is 25.6 Å². The third-order valence-corrected chi connectivity index (χ3v) is 5.12. The van der Waals surface area contributed by atoms with E-state index in [1.165, 1.54) is 12.1 Å². The van der Waals surface area contributed by atoms with E-state index in [1.807, 2.05) is 13.8 Å². The summed E-state index contributed by atoms with van der Waals surface area (Å²) in [6, 6.07) is 4.32. The highest BCUT2D eigenvalue weighted by molar-refractivity contribution is 8.13. The van der Waals surface area contributed by atoms with Crippen LogP contribution in [0.4, 0.5) is 0 Å². The lowest BCUT2D eigenvalue weighted by atomic mass is 9.97. The Labute approximate surface area is 123 Å². The molecule has 0 spiro atoms. The number of hydrogen-bond donors (Lipinski definition) is 1. The molecule has 0 aromatic heterocycles. The molecule has 2 rings (SSSR count). The van der Waals surface area contributed by atoms with E-state index in [1.54, 1.807) is 13.0 Å². The molecule has 0 aliphatic heterocycles. The fraction of sp³-hybridized carbons (Fsp3) is 0.500. The molecular weight excluding hydrogens is 298 g/mol. The fourth-order valence-electron chi connectivity index (χ4n) is 2.26. The summed E-state index contributed by atoms with van der Waals surface area (Å²) in [5.41, 5.74) is 0.790. The van der Waals surface area contributed by atoms with E-state index in [9.17, 15) is 13.2 Å². The summed E-state index contributed by atoms with van der Waals surface area (Å²) in [4.78, 5) is 12.3. The Morgan fingerprint density at radius 1 is 1.35 bits per heavy atom. The van der Waals surface area contributed by atoms with Crippen LogP contribution in [0.25, 0.3) is 0 Å². The van der Waals surface area contributed by atoms with Gasteiger partial charge in [0.05, 0.1) is 4.90 Å². The SMILES string of the molecule is Cc1ccc(S(=O)(=O)Cl)cc1C(=O)NC(C)(C)C1CC1. The van der Waals surface area contributed by atoms with Crippen LogP contribution >= 0.6 is 10.7 Å². The van der Waals surface area contributed by atoms with Crippen LogP contribution in [0, 0.1) is 12.8 Å². The lowest BCUT2D eigenvalue weighted by Crippen LogP contribution is -2.45. The van der Waals surface area contributed by atoms with Gasteiger partial charge in [-0.25, -0.2) is 8.42 Å². The van der Waals surface area contributed by atoms with Crippen molar-refractivity contribution in [2.75, 3.05) is 0 Å². The van der Waals surface area contributed by atoms with E-state index in [0.29, 0.717) is 11.5 Å². The summed E-state index contributed by atoms with van der Waals surface area (Å²) in [6.07, 6.45) is 2.23. The third-order valence-electron chi connectivity index (χ3n) is 3.77. The first-order valence-corrected chi connectivity index (χ1v) is 8.80. The van der Waals surface area contributed by atoms with Crippen LogP contribution in [-0.4, -0.2) is 19.9 Å². The van der Waals surface area contributed by atoms with E-state index in [4.69, 9.17) is 10.7 Å². The van der Waals surface area contributed by atoms with E-state index >= 15 is 0 Å². The number of hydrogen-bond acceptors (Lipinski definition) is 3. The Morgan fingerprint density at radius 2 is 1.95 bits per heavy atom. The highest BCUT2D eigenvalue weighted by Crippen LogP contribution is 2.39. The Bertz CT molecular complexity index is 648. The van der Waals surface area contributed by atoms with Gasteiger partial charge in [0.25, 0.3) is 15.0 Å². The molecule has 1 fully saturated rings. The first-order chi connectivity index (χ1) is 9.11. The van der Waals surface area contributed by atoms with Crippen molar-refractivity contribution in [1.82, 2.24) is 5.32 Å². The Balaban J connectivity index is 2.29. The Hall–Kier alpha value is -1.07. The van der Waals surface area contributed by atoms with Crippen LogP contribution in [0.5, 0.6) is 0 Å². The smallest absolute Gasteiger partial charge is 0.261 e. The molecule has 1 N–H and O–H groups in total. The molecule has 0 atom stereocenters. The van der Waals surface area contributed by atoms with Crippen molar-refractivity contribution in [2.45, 2.75) is 44.0 Å². The number of carbonyl (C=O) groups excluding carboxylic acids is 1. The van der Waals surface area contributed by atoms with E-state index < -0.39 is 9.05 Å². The molecule has 1 amide bonds. The van der Waals surface area contributed by atoms with Crippen LogP contribution in [0.15, 0.2) is 23.1 Å². The highest BCUT2D eigenvalue weighted by Gasteiger charge is 2.39. The van der Waals surface area contributed by atoms with Gasteiger partial charge in [-0.3, -0.25) is 4.79 Å². The van der Waals surface area contributed by atoms with Crippen LogP contribution in [0.1, 0.15) is 42.6 Å². The Morgan fingerprint density at radius 3 is 2.45 bits per heavy atom. The van der Waals surface area contributed by atoms with Gasteiger partial charge in [-0.15, -0.1) is 0 Å². The largest absolute Gasteiger partial charge is 0.347 e. The molecule has 0 radical (unpaired) electrons. The molecule has 1 aliphatic carbocycles. The van der Waals surface area contributed by atoms with Crippen LogP contribution in [-0.2, 0) is 9.05 Å². The van der Waals surface area contributed by atoms with Gasteiger partial charge in [0.1, 0.15) is 0 Å². The summed E-state index contributed by atoms with van der Waals surface area (Å²) >= 11 is 0. The second-order valence-corrected chi connectivity index (χ2v) is 8.43. The molecule has 0 bridgehead atoms. The second kappa shape index (κ2) is 5.04. The number of carbonyl (C=O) groups is 1. The number of aryl methyl sites for hydroxylation is 1. The number of rotatable bonds is 4. The topological polar surface area (TPSA) is 63.2 Å². The molecule has 20 heavy (non-hydrogen) atoms. The standard InChI is InChI=1S/C14H18ClNO3S/c1-9-4-7-11(20(15,18)19)8-12(9)13(17)16-14(2,3)10-5-6-10/h4,7-8,10H,5-6H2,1-3H3,(H,16,17). The van der Waals surface area contributed by atoms with Crippen LogP contribution in [0.3, 0.4) is 0 Å². The normalized spacial score (nSPS) is 16.0. The van der Waals surface area contributed by atoms with Gasteiger partial charge in [0.15, 0.2) is 0 Å². The predicted octanol–water partition coefficient (Wildman–Crippen LogP) is 2.84. The molecule has 0 saturated heterocycles. The summed E-state index contributed by atoms with van der Waals surface area (Å²) in [7, 11) is 1.49. The highest BCUT2D eigenvalue weighted by atomic mass is 35.7. The second-order valence-electron chi connectivity index (χ2n) is 5.86. The summed E-state index contributed by atoms with van der Waals surface area (Å²) in [6.45, 7) is 5.74. The molecule has 0 heterocycles. The van der Waals surface area contributed by atoms with Crippen molar-refractivity contribution in [3.63, 3.8) is 0 Å². The zero-order valence-electron chi connectivity index (χ0n) is 11.7. The van der Waals surface area contributed by atoms with Crippen molar-refractivity contribution in [3.05, 3.63) is 29.3 Å². The number of halogens is 1. The molecule has 1 saturated carbocycles. The maximum absolute atomic E-state index is 12.3. The molecule has 1 aliphatic rings. The molecule has 1 aromatic carbocycles. The summed E-state index contributed by atoms with van der Waals surface area (Å²) < 4.78 is 22.7. The third kappa shape index (κ3) is 3.33. The lowest BCUT2D eigenvalue weighted by Gasteiger charge is -2.26. The van der Waals surface area contributed by atoms with Gasteiger partial charge in [-0.05, 0) is 57.2 Å². The molecule has 110 valence electrons. The minimum absolute atomic E-state index is 0.0563. The minimum atomic E-state index is -3.83. The molecular formula is C14H18ClNO3S. The zero-order chi connectivity index (χ0) is 15.1. The molecule has 0 unspecified atom stereocenters. The fourth-order valence-corrected chi connectivity index (χ4v) is 3.04. The monoisotopic (exact) mass is 315 g/mol. The van der Waals surface area contributed by atoms with E-state index in [0.717, 1.165) is 18.4 Å². The number of nitrogens with one attached hydrogen (secondary N) is 1. The van der Waals surface area contributed by atoms with Gasteiger partial charge >= 0.3 is 0 Å². The first kappa shape index (κ1) is 15.3. The van der Waals surface area contributed by atoms with Crippen molar-refractivity contribution < 1.29 is 13.2 Å². The van der Waals surface area contributed by atoms with E-state index in [2.05, 4.69) is 5.32 Å². The van der Waals surface area contributed by atoms with Crippen molar-refractivity contribution in [2.24, 2.45) is 5.92 Å². The van der Waals surface area contributed by atoms with Crippen LogP contribution in [0.2, 0.25) is 0 Å². The van der Waals surface area contributed by atoms with Gasteiger partial charge < -0.3 is 5.32 Å². The molecule has 6 heteroatoms. The lowest BCUT2D eigenvalue weighted by molar-refractivity contribution is 0.0902. The molecule has 1 aromatic rings. The minimum Gasteiger partial charge on any atom is -0.347 e. The van der Waals surface area contributed by atoms with Crippen molar-refractivity contribution in [1.29, 1.82) is 0 Å². The predicted molar refractivity (Wildman–Crippen MR) is 78.5 cm³/mol. The zero-order valence-corrected chi connectivity index (χ0v) is 13.3. The average molecular weight is 316 g/mol. The van der Waals surface area contributed by atoms with Gasteiger partial charge in [0.2, 0.25) is 0 Å². The van der Waals surface area contributed by atoms with E-state index in [-0.39, 0.29) is 16.3 Å². The maximum Gasteiger partial charge on any atom is 0.261 e. The van der Waals surface area contributed by atoms with Gasteiger partial charge in [-0.1, -0.05) is 6.07 Å². The van der Waals surface area contributed by atoms with Gasteiger partial charge in [-0.2, -0.15) is 0 Å². The summed E-state index contributed by atoms with van der Waals surface area (Å²) in [5, 5.41) is 2.98. The summed E-state index contributed by atoms with van der Waals surface area (Å²) in [5.74, 6) is 0.230. The number of benzene rings is 1. The Kier molecular flexibility index (Phi) is 3.86.